The third-order valence-corrected chi connectivity index (χ3v) is 10.6. The number of hydrogen-bond donors (Lipinski definition) is 2. The van der Waals surface area contributed by atoms with Gasteiger partial charge in [0.15, 0.2) is 0 Å². The van der Waals surface area contributed by atoms with Gasteiger partial charge in [-0.1, -0.05) is 88.8 Å². The first-order chi connectivity index (χ1) is 25.4. The SMILES string of the molecule is C=CC.CCCCC.O=C(c1c(-c2ccccc2)n(C2CCCCC2)c(=O)n1Cc1cc(N2CCCC2)nc(N2CCC(O)C2)c1)N1CCNCC1. The molecule has 3 saturated heterocycles. The van der Waals surface area contributed by atoms with Crippen LogP contribution in [0.3, 0.4) is 0 Å². The minimum Gasteiger partial charge on any atom is -0.391 e. The molecule has 4 aliphatic rings. The van der Waals surface area contributed by atoms with Crippen molar-refractivity contribution in [3.8, 4) is 11.3 Å². The first-order valence-electron chi connectivity index (χ1n) is 20.1. The lowest BCUT2D eigenvalue weighted by atomic mass is 9.94. The second-order valence-corrected chi connectivity index (χ2v) is 14.7. The predicted octanol–water partition coefficient (Wildman–Crippen LogP) is 6.87. The van der Waals surface area contributed by atoms with Crippen molar-refractivity contribution in [2.45, 2.75) is 110 Å². The minimum absolute atomic E-state index is 0.0709. The lowest BCUT2D eigenvalue weighted by molar-refractivity contribution is 0.0725. The van der Waals surface area contributed by atoms with Crippen LogP contribution in [-0.2, 0) is 6.54 Å². The fourth-order valence-electron chi connectivity index (χ4n) is 7.90. The third kappa shape index (κ3) is 9.75. The molecule has 1 amide bonds. The van der Waals surface area contributed by atoms with E-state index in [1.165, 1.54) is 25.7 Å². The number of unbranched alkanes of at least 4 members (excludes halogenated alkanes) is 2. The van der Waals surface area contributed by atoms with E-state index in [9.17, 15) is 14.7 Å². The molecule has 0 radical (unpaired) electrons. The number of aliphatic hydroxyl groups excluding tert-OH is 1. The van der Waals surface area contributed by atoms with Crippen LogP contribution in [0.1, 0.15) is 113 Å². The van der Waals surface area contributed by atoms with E-state index < -0.39 is 0 Å². The number of allylic oxidation sites excluding steroid dienone is 1. The summed E-state index contributed by atoms with van der Waals surface area (Å²) in [6.07, 6.45) is 13.7. The van der Waals surface area contributed by atoms with Gasteiger partial charge in [-0.2, -0.15) is 0 Å². The van der Waals surface area contributed by atoms with Gasteiger partial charge in [0.2, 0.25) is 0 Å². The zero-order chi connectivity index (χ0) is 36.9. The molecule has 1 atom stereocenters. The predicted molar refractivity (Wildman–Crippen MR) is 214 cm³/mol. The van der Waals surface area contributed by atoms with Crippen LogP contribution in [-0.4, -0.2) is 88.5 Å². The van der Waals surface area contributed by atoms with Crippen molar-refractivity contribution >= 4 is 17.5 Å². The molecular weight excluding hydrogens is 651 g/mol. The van der Waals surface area contributed by atoms with Crippen LogP contribution in [0, 0.1) is 0 Å². The maximum Gasteiger partial charge on any atom is 0.329 e. The molecule has 4 fully saturated rings. The van der Waals surface area contributed by atoms with Crippen molar-refractivity contribution in [2.75, 3.05) is 62.2 Å². The van der Waals surface area contributed by atoms with Crippen molar-refractivity contribution in [3.05, 3.63) is 76.9 Å². The van der Waals surface area contributed by atoms with Gasteiger partial charge in [-0.25, -0.2) is 9.78 Å². The molecule has 52 heavy (non-hydrogen) atoms. The van der Waals surface area contributed by atoms with E-state index in [4.69, 9.17) is 4.98 Å². The number of anilines is 2. The smallest absolute Gasteiger partial charge is 0.329 e. The molecule has 1 unspecified atom stereocenters. The van der Waals surface area contributed by atoms with Crippen molar-refractivity contribution < 1.29 is 9.90 Å². The van der Waals surface area contributed by atoms with E-state index in [0.29, 0.717) is 25.3 Å². The van der Waals surface area contributed by atoms with E-state index in [2.05, 4.69) is 47.7 Å². The number of β-amino-alcohol motifs (C(OH)–C–C–N with tert-alkyl or cyclic N) is 1. The van der Waals surface area contributed by atoms with Crippen molar-refractivity contribution in [1.82, 2.24) is 24.3 Å². The van der Waals surface area contributed by atoms with Crippen LogP contribution in [0.15, 0.2) is 59.9 Å². The van der Waals surface area contributed by atoms with Crippen LogP contribution in [0.5, 0.6) is 0 Å². The Morgan fingerprint density at radius 3 is 2.12 bits per heavy atom. The molecule has 0 spiro atoms. The number of aromatic nitrogens is 3. The lowest BCUT2D eigenvalue weighted by Gasteiger charge is -2.28. The number of benzene rings is 1. The molecule has 3 aromatic rings. The molecule has 7 rings (SSSR count). The molecule has 0 bridgehead atoms. The number of nitrogens with zero attached hydrogens (tertiary/aromatic N) is 6. The monoisotopic (exact) mass is 713 g/mol. The average Bonchev–Trinajstić information content (AvgIpc) is 3.94. The number of amides is 1. The highest BCUT2D eigenvalue weighted by Crippen LogP contribution is 2.35. The Bertz CT molecular complexity index is 1610. The molecule has 2 N–H and O–H groups in total. The molecule has 10 nitrogen and oxygen atoms in total. The molecule has 284 valence electrons. The van der Waals surface area contributed by atoms with E-state index in [-0.39, 0.29) is 30.3 Å². The van der Waals surface area contributed by atoms with Crippen LogP contribution >= 0.6 is 0 Å². The Kier molecular flexibility index (Phi) is 15.0. The molecule has 1 aromatic carbocycles. The van der Waals surface area contributed by atoms with Crippen LogP contribution in [0.4, 0.5) is 11.6 Å². The number of piperazine rings is 1. The Labute approximate surface area is 311 Å². The fraction of sp³-hybridized carbons (Fsp3) is 0.595. The topological polar surface area (TPSA) is 98.9 Å². The lowest BCUT2D eigenvalue weighted by Crippen LogP contribution is -2.47. The fourth-order valence-corrected chi connectivity index (χ4v) is 7.90. The summed E-state index contributed by atoms with van der Waals surface area (Å²) in [6, 6.07) is 14.3. The second kappa shape index (κ2) is 19.8. The summed E-state index contributed by atoms with van der Waals surface area (Å²) < 4.78 is 3.72. The zero-order valence-corrected chi connectivity index (χ0v) is 32.1. The first kappa shape index (κ1) is 39.3. The normalized spacial score (nSPS) is 19.2. The van der Waals surface area contributed by atoms with Gasteiger partial charge in [0.05, 0.1) is 18.3 Å². The highest BCUT2D eigenvalue weighted by atomic mass is 16.3. The van der Waals surface area contributed by atoms with Crippen molar-refractivity contribution in [3.63, 3.8) is 0 Å². The van der Waals surface area contributed by atoms with E-state index >= 15 is 0 Å². The van der Waals surface area contributed by atoms with Crippen molar-refractivity contribution in [1.29, 1.82) is 0 Å². The highest BCUT2D eigenvalue weighted by Gasteiger charge is 2.33. The maximum atomic E-state index is 14.7. The largest absolute Gasteiger partial charge is 0.391 e. The number of carbonyl (C=O) groups is 1. The number of carbonyl (C=O) groups excluding carboxylic acids is 1. The summed E-state index contributed by atoms with van der Waals surface area (Å²) in [5.41, 5.74) is 3.00. The Hall–Kier alpha value is -3.89. The number of nitrogens with one attached hydrogen (secondary N) is 1. The summed E-state index contributed by atoms with van der Waals surface area (Å²) in [6.45, 7) is 15.9. The maximum absolute atomic E-state index is 14.7. The summed E-state index contributed by atoms with van der Waals surface area (Å²) in [7, 11) is 0. The number of pyridine rings is 1. The minimum atomic E-state index is -0.362. The number of hydrogen-bond acceptors (Lipinski definition) is 7. The highest BCUT2D eigenvalue weighted by molar-refractivity contribution is 5.99. The standard InChI is InChI=1S/C34H45N7O3.C5H12.C3H6/c42-28-13-18-39(24-28)30-22-25(21-29(36-30)37-16-7-8-17-37)23-40-32(33(43)38-19-14-35-15-20-38)31(26-9-3-1-4-10-26)41(34(40)44)27-11-5-2-6-12-27;1-3-5-4-2;1-3-2/h1,3-4,9-10,21-22,27-28,35,42H,2,5-8,11-20,23-24H2;3-5H2,1-2H3;3H,1H2,2H3. The molecule has 3 aliphatic heterocycles. The van der Waals surface area contributed by atoms with Gasteiger partial charge in [-0.15, -0.1) is 6.58 Å². The average molecular weight is 714 g/mol. The molecular formula is C42H63N7O3. The molecule has 5 heterocycles. The number of rotatable bonds is 9. The van der Waals surface area contributed by atoms with Gasteiger partial charge in [-0.3, -0.25) is 13.9 Å². The quantitative estimate of drug-likeness (QED) is 0.234. The van der Waals surface area contributed by atoms with Gasteiger partial charge in [0.25, 0.3) is 5.91 Å². The summed E-state index contributed by atoms with van der Waals surface area (Å²) in [4.78, 5) is 40.6. The van der Waals surface area contributed by atoms with Crippen LogP contribution in [0.25, 0.3) is 11.3 Å². The molecule has 10 heteroatoms. The van der Waals surface area contributed by atoms with Gasteiger partial charge in [-0.05, 0) is 56.7 Å². The summed E-state index contributed by atoms with van der Waals surface area (Å²) in [5, 5.41) is 13.7. The van der Waals surface area contributed by atoms with E-state index in [0.717, 1.165) is 106 Å². The second-order valence-electron chi connectivity index (χ2n) is 14.7. The Morgan fingerprint density at radius 2 is 1.54 bits per heavy atom. The molecule has 1 saturated carbocycles. The van der Waals surface area contributed by atoms with Gasteiger partial charge in [0, 0.05) is 64.0 Å². The molecule has 2 aromatic heterocycles. The number of imidazole rings is 1. The van der Waals surface area contributed by atoms with E-state index in [1.54, 1.807) is 10.6 Å². The van der Waals surface area contributed by atoms with Gasteiger partial charge < -0.3 is 25.1 Å². The Morgan fingerprint density at radius 1 is 0.904 bits per heavy atom. The Balaban J connectivity index is 0.000000595. The summed E-state index contributed by atoms with van der Waals surface area (Å²) >= 11 is 0. The van der Waals surface area contributed by atoms with Crippen LogP contribution in [0.2, 0.25) is 0 Å². The zero-order valence-electron chi connectivity index (χ0n) is 32.1. The first-order valence-corrected chi connectivity index (χ1v) is 20.1. The van der Waals surface area contributed by atoms with Crippen molar-refractivity contribution in [2.24, 2.45) is 0 Å². The molecule has 1 aliphatic carbocycles. The van der Waals surface area contributed by atoms with Gasteiger partial charge in [0.1, 0.15) is 17.3 Å². The van der Waals surface area contributed by atoms with Gasteiger partial charge >= 0.3 is 5.69 Å². The third-order valence-electron chi connectivity index (χ3n) is 10.6. The number of aliphatic hydroxyl groups is 1. The van der Waals surface area contributed by atoms with E-state index in [1.807, 2.05) is 46.7 Å². The summed E-state index contributed by atoms with van der Waals surface area (Å²) in [5.74, 6) is 1.67. The van der Waals surface area contributed by atoms with Crippen LogP contribution < -0.4 is 20.8 Å².